The third-order valence-corrected chi connectivity index (χ3v) is 3.38. The van der Waals surface area contributed by atoms with Crippen molar-refractivity contribution in [3.63, 3.8) is 0 Å². The number of benzene rings is 2. The molecule has 0 saturated carbocycles. The van der Waals surface area contributed by atoms with Gasteiger partial charge in [0.2, 0.25) is 0 Å². The van der Waals surface area contributed by atoms with Crippen LogP contribution >= 0.6 is 11.6 Å². The number of nitrogens with one attached hydrogen (secondary N) is 1. The maximum absolute atomic E-state index is 12.0. The number of phenols is 1. The second-order valence-corrected chi connectivity index (χ2v) is 5.35. The molecule has 2 aromatic rings. The number of hydrogen-bond acceptors (Lipinski definition) is 4. The molecule has 2 rings (SSSR count). The molecule has 23 heavy (non-hydrogen) atoms. The van der Waals surface area contributed by atoms with Crippen molar-refractivity contribution in [2.24, 2.45) is 0 Å². The summed E-state index contributed by atoms with van der Waals surface area (Å²) < 4.78 is 5.05. The van der Waals surface area contributed by atoms with Gasteiger partial charge in [-0.05, 0) is 30.7 Å². The van der Waals surface area contributed by atoms with E-state index in [0.29, 0.717) is 6.54 Å². The second-order valence-electron chi connectivity index (χ2n) is 4.91. The van der Waals surface area contributed by atoms with Crippen LogP contribution in [0.4, 0.5) is 0 Å². The van der Waals surface area contributed by atoms with Crippen LogP contribution in [-0.2, 0) is 16.1 Å². The van der Waals surface area contributed by atoms with Crippen LogP contribution in [0, 0.1) is 0 Å². The first-order valence-electron chi connectivity index (χ1n) is 6.98. The van der Waals surface area contributed by atoms with Gasteiger partial charge < -0.3 is 15.2 Å². The van der Waals surface area contributed by atoms with Gasteiger partial charge in [-0.3, -0.25) is 4.79 Å². The van der Waals surface area contributed by atoms with Gasteiger partial charge in [-0.15, -0.1) is 0 Å². The largest absolute Gasteiger partial charge is 0.507 e. The lowest BCUT2D eigenvalue weighted by Gasteiger charge is -2.14. The van der Waals surface area contributed by atoms with E-state index in [2.05, 4.69) is 5.32 Å². The van der Waals surface area contributed by atoms with Gasteiger partial charge >= 0.3 is 5.97 Å². The molecule has 0 heterocycles. The number of rotatable bonds is 5. The average molecular weight is 334 g/mol. The number of phenolic OH excluding ortho intramolecular Hbond substituents is 1. The highest BCUT2D eigenvalue weighted by atomic mass is 35.5. The van der Waals surface area contributed by atoms with E-state index in [4.69, 9.17) is 16.3 Å². The van der Waals surface area contributed by atoms with Crippen LogP contribution in [0.5, 0.6) is 5.75 Å². The molecule has 0 bridgehead atoms. The van der Waals surface area contributed by atoms with Crippen LogP contribution in [0.25, 0.3) is 0 Å². The van der Waals surface area contributed by atoms with E-state index < -0.39 is 18.0 Å². The maximum atomic E-state index is 12.0. The first kappa shape index (κ1) is 16.8. The predicted molar refractivity (Wildman–Crippen MR) is 86.3 cm³/mol. The molecule has 0 aliphatic carbocycles. The summed E-state index contributed by atoms with van der Waals surface area (Å²) in [5.74, 6) is -1.49. The topological polar surface area (TPSA) is 75.6 Å². The van der Waals surface area contributed by atoms with Crippen LogP contribution in [-0.4, -0.2) is 23.1 Å². The van der Waals surface area contributed by atoms with Crippen molar-refractivity contribution in [1.29, 1.82) is 0 Å². The van der Waals surface area contributed by atoms with Crippen LogP contribution in [0.1, 0.15) is 22.8 Å². The molecule has 0 aromatic heterocycles. The van der Waals surface area contributed by atoms with Crippen molar-refractivity contribution in [3.8, 4) is 5.75 Å². The minimum atomic E-state index is -0.996. The maximum Gasteiger partial charge on any atom is 0.342 e. The molecular weight excluding hydrogens is 318 g/mol. The Labute approximate surface area is 138 Å². The Morgan fingerprint density at radius 1 is 1.22 bits per heavy atom. The molecule has 0 saturated heterocycles. The van der Waals surface area contributed by atoms with E-state index in [1.165, 1.54) is 25.1 Å². The minimum Gasteiger partial charge on any atom is -0.507 e. The van der Waals surface area contributed by atoms with Gasteiger partial charge in [0, 0.05) is 11.6 Å². The molecule has 5 nitrogen and oxygen atoms in total. The van der Waals surface area contributed by atoms with Gasteiger partial charge in [0.05, 0.1) is 0 Å². The van der Waals surface area contributed by atoms with Crippen molar-refractivity contribution < 1.29 is 19.4 Å². The fourth-order valence-corrected chi connectivity index (χ4v) is 2.05. The van der Waals surface area contributed by atoms with Gasteiger partial charge in [0.1, 0.15) is 11.3 Å². The van der Waals surface area contributed by atoms with E-state index in [0.717, 1.165) is 5.56 Å². The lowest BCUT2D eigenvalue weighted by Crippen LogP contribution is -2.35. The zero-order chi connectivity index (χ0) is 16.8. The molecular formula is C17H16ClNO4. The van der Waals surface area contributed by atoms with Crippen LogP contribution in [0.2, 0.25) is 5.02 Å². The predicted octanol–water partition coefficient (Wildman–Crippen LogP) is 2.91. The molecule has 0 aliphatic rings. The van der Waals surface area contributed by atoms with E-state index in [1.54, 1.807) is 0 Å². The summed E-state index contributed by atoms with van der Waals surface area (Å²) in [5, 5.41) is 12.6. The Morgan fingerprint density at radius 3 is 2.61 bits per heavy atom. The van der Waals surface area contributed by atoms with E-state index in [-0.39, 0.29) is 16.3 Å². The quantitative estimate of drug-likeness (QED) is 0.825. The van der Waals surface area contributed by atoms with E-state index in [9.17, 15) is 14.7 Å². The van der Waals surface area contributed by atoms with E-state index in [1.807, 2.05) is 30.3 Å². The first-order valence-corrected chi connectivity index (χ1v) is 7.36. The van der Waals surface area contributed by atoms with Gasteiger partial charge in [0.15, 0.2) is 6.10 Å². The summed E-state index contributed by atoms with van der Waals surface area (Å²) in [5.41, 5.74) is 0.854. The lowest BCUT2D eigenvalue weighted by molar-refractivity contribution is -0.129. The Morgan fingerprint density at radius 2 is 1.91 bits per heavy atom. The average Bonchev–Trinajstić information content (AvgIpc) is 2.55. The molecule has 120 valence electrons. The van der Waals surface area contributed by atoms with Crippen molar-refractivity contribution in [1.82, 2.24) is 5.32 Å². The van der Waals surface area contributed by atoms with Crippen LogP contribution < -0.4 is 5.32 Å². The Balaban J connectivity index is 1.92. The second kappa shape index (κ2) is 7.65. The third kappa shape index (κ3) is 4.72. The monoisotopic (exact) mass is 333 g/mol. The summed E-state index contributed by atoms with van der Waals surface area (Å²) >= 11 is 5.78. The summed E-state index contributed by atoms with van der Waals surface area (Å²) in [6, 6.07) is 13.4. The van der Waals surface area contributed by atoms with Gasteiger partial charge in [-0.25, -0.2) is 4.79 Å². The molecule has 2 N–H and O–H groups in total. The molecule has 0 fully saturated rings. The summed E-state index contributed by atoms with van der Waals surface area (Å²) in [6.45, 7) is 1.80. The summed E-state index contributed by atoms with van der Waals surface area (Å²) in [4.78, 5) is 23.9. The number of carbonyl (C=O) groups is 2. The standard InChI is InChI=1S/C17H16ClNO4/c1-11(16(21)19-10-12-5-3-2-4-6-12)23-17(22)14-9-13(18)7-8-15(14)20/h2-9,11,20H,10H2,1H3,(H,19,21). The third-order valence-electron chi connectivity index (χ3n) is 3.14. The highest BCUT2D eigenvalue weighted by Crippen LogP contribution is 2.22. The van der Waals surface area contributed by atoms with Crippen molar-refractivity contribution in [3.05, 3.63) is 64.7 Å². The number of amides is 1. The molecule has 1 atom stereocenters. The molecule has 1 unspecified atom stereocenters. The minimum absolute atomic E-state index is 0.0831. The van der Waals surface area contributed by atoms with Gasteiger partial charge in [-0.1, -0.05) is 41.9 Å². The number of halogens is 1. The van der Waals surface area contributed by atoms with Crippen molar-refractivity contribution >= 4 is 23.5 Å². The number of esters is 1. The molecule has 6 heteroatoms. The van der Waals surface area contributed by atoms with Crippen LogP contribution in [0.3, 0.4) is 0 Å². The first-order chi connectivity index (χ1) is 11.0. The van der Waals surface area contributed by atoms with Gasteiger partial charge in [-0.2, -0.15) is 0 Å². The fraction of sp³-hybridized carbons (Fsp3) is 0.176. The molecule has 0 aliphatic heterocycles. The van der Waals surface area contributed by atoms with Crippen molar-refractivity contribution in [2.45, 2.75) is 19.6 Å². The SMILES string of the molecule is CC(OC(=O)c1cc(Cl)ccc1O)C(=O)NCc1ccccc1. The fourth-order valence-electron chi connectivity index (χ4n) is 1.88. The Kier molecular flexibility index (Phi) is 5.60. The van der Waals surface area contributed by atoms with Crippen molar-refractivity contribution in [2.75, 3.05) is 0 Å². The number of aromatic hydroxyl groups is 1. The smallest absolute Gasteiger partial charge is 0.342 e. The number of ether oxygens (including phenoxy) is 1. The highest BCUT2D eigenvalue weighted by Gasteiger charge is 2.21. The van der Waals surface area contributed by atoms with E-state index >= 15 is 0 Å². The molecule has 2 aromatic carbocycles. The molecule has 0 spiro atoms. The zero-order valence-corrected chi connectivity index (χ0v) is 13.2. The van der Waals surface area contributed by atoms with Gasteiger partial charge in [0.25, 0.3) is 5.91 Å². The normalized spacial score (nSPS) is 11.6. The highest BCUT2D eigenvalue weighted by molar-refractivity contribution is 6.31. The molecule has 1 amide bonds. The zero-order valence-electron chi connectivity index (χ0n) is 12.5. The summed E-state index contributed by atoms with van der Waals surface area (Å²) in [7, 11) is 0. The lowest BCUT2D eigenvalue weighted by atomic mass is 10.2. The van der Waals surface area contributed by atoms with Crippen LogP contribution in [0.15, 0.2) is 48.5 Å². The molecule has 0 radical (unpaired) electrons. The Hall–Kier alpha value is -2.53. The summed E-state index contributed by atoms with van der Waals surface area (Å²) in [6.07, 6.45) is -0.996. The number of carbonyl (C=O) groups excluding carboxylic acids is 2. The number of hydrogen-bond donors (Lipinski definition) is 2. The Bertz CT molecular complexity index is 703.